The minimum atomic E-state index is -4.56. The van der Waals surface area contributed by atoms with Gasteiger partial charge in [-0.05, 0) is 32.8 Å². The van der Waals surface area contributed by atoms with Gasteiger partial charge in [0.1, 0.15) is 0 Å². The molecule has 1 heterocycles. The van der Waals surface area contributed by atoms with E-state index in [9.17, 15) is 18.0 Å². The number of nitrogens with zero attached hydrogens (tertiary/aromatic N) is 3. The molecule has 0 unspecified atom stereocenters. The fraction of sp³-hybridized carbons (Fsp3) is 0.500. The summed E-state index contributed by atoms with van der Waals surface area (Å²) >= 11 is 0. The van der Waals surface area contributed by atoms with Gasteiger partial charge in [0, 0.05) is 23.7 Å². The first-order chi connectivity index (χ1) is 14.1. The molecule has 0 N–H and O–H groups in total. The van der Waals surface area contributed by atoms with Crippen LogP contribution >= 0.6 is 0 Å². The molecule has 0 aliphatic carbocycles. The van der Waals surface area contributed by atoms with E-state index >= 15 is 0 Å². The monoisotopic (exact) mass is 429 g/mol. The van der Waals surface area contributed by atoms with Crippen LogP contribution < -0.4 is 10.3 Å². The lowest BCUT2D eigenvalue weighted by Crippen LogP contribution is -2.27. The summed E-state index contributed by atoms with van der Waals surface area (Å²) in [5, 5.41) is 0. The highest BCUT2D eigenvalue weighted by Crippen LogP contribution is 2.22. The molecule has 0 bridgehead atoms. The second-order valence-corrected chi connectivity index (χ2v) is 5.50. The van der Waals surface area contributed by atoms with Crippen molar-refractivity contribution in [2.45, 2.75) is 68.0 Å². The lowest BCUT2D eigenvalue weighted by Gasteiger charge is -2.16. The second kappa shape index (κ2) is 15.2. The van der Waals surface area contributed by atoms with E-state index in [0.717, 1.165) is 10.3 Å². The van der Waals surface area contributed by atoms with E-state index in [-0.39, 0.29) is 5.69 Å². The number of aliphatic imine (C=N–C) groups is 1. The molecule has 0 radical (unpaired) electrons. The number of rotatable bonds is 7. The second-order valence-electron chi connectivity index (χ2n) is 5.50. The molecule has 0 fully saturated rings. The van der Waals surface area contributed by atoms with Crippen molar-refractivity contribution in [3.8, 4) is 6.01 Å². The first kappa shape index (κ1) is 29.6. The van der Waals surface area contributed by atoms with Gasteiger partial charge >= 0.3 is 12.2 Å². The zero-order valence-corrected chi connectivity index (χ0v) is 19.2. The van der Waals surface area contributed by atoms with E-state index in [2.05, 4.69) is 16.6 Å². The Morgan fingerprint density at radius 3 is 2.23 bits per heavy atom. The molecule has 0 aromatic carbocycles. The number of hydrogen-bond acceptors (Lipinski definition) is 4. The Balaban J connectivity index is 0. The molecule has 0 aliphatic heterocycles. The highest BCUT2D eigenvalue weighted by Gasteiger charge is 2.30. The van der Waals surface area contributed by atoms with Crippen LogP contribution in [0.25, 0.3) is 11.3 Å². The van der Waals surface area contributed by atoms with Crippen LogP contribution in [0.3, 0.4) is 0 Å². The number of ether oxygens (including phenoxy) is 1. The molecule has 0 amide bonds. The number of allylic oxidation sites excluding steroid dienone is 4. The SMILES string of the molecule is C=C/C(=C\C)c1cc(=O)n(/C(=C/N=C(C)C)CC)c(OCC(F)(F)F)n1.CC.CC. The van der Waals surface area contributed by atoms with Crippen LogP contribution in [0.4, 0.5) is 13.2 Å². The third-order valence-corrected chi connectivity index (χ3v) is 3.20. The van der Waals surface area contributed by atoms with Gasteiger partial charge in [-0.1, -0.05) is 53.3 Å². The fourth-order valence-corrected chi connectivity index (χ4v) is 2.00. The molecule has 1 rings (SSSR count). The maximum Gasteiger partial charge on any atom is 0.422 e. The highest BCUT2D eigenvalue weighted by atomic mass is 19.4. The van der Waals surface area contributed by atoms with E-state index in [1.807, 2.05) is 27.7 Å². The molecule has 0 atom stereocenters. The van der Waals surface area contributed by atoms with Gasteiger partial charge in [-0.25, -0.2) is 4.57 Å². The van der Waals surface area contributed by atoms with Crippen molar-refractivity contribution in [3.63, 3.8) is 0 Å². The van der Waals surface area contributed by atoms with Crippen molar-refractivity contribution >= 4 is 17.0 Å². The Morgan fingerprint density at radius 2 is 1.83 bits per heavy atom. The van der Waals surface area contributed by atoms with Gasteiger partial charge in [0.25, 0.3) is 5.56 Å². The minimum Gasteiger partial charge on any atom is -0.455 e. The van der Waals surface area contributed by atoms with Crippen LogP contribution in [0.5, 0.6) is 6.01 Å². The maximum absolute atomic E-state index is 12.6. The summed E-state index contributed by atoms with van der Waals surface area (Å²) in [5.41, 5.74) is 1.23. The van der Waals surface area contributed by atoms with Crippen molar-refractivity contribution in [1.29, 1.82) is 0 Å². The van der Waals surface area contributed by atoms with Crippen molar-refractivity contribution < 1.29 is 17.9 Å². The predicted molar refractivity (Wildman–Crippen MR) is 120 cm³/mol. The smallest absolute Gasteiger partial charge is 0.422 e. The molecule has 8 heteroatoms. The summed E-state index contributed by atoms with van der Waals surface area (Å²) in [6.45, 7) is 17.0. The van der Waals surface area contributed by atoms with Gasteiger partial charge in [0.05, 0.1) is 5.69 Å². The molecular formula is C22H34F3N3O2. The summed E-state index contributed by atoms with van der Waals surface area (Å²) in [6.07, 6.45) is 0.310. The summed E-state index contributed by atoms with van der Waals surface area (Å²) in [7, 11) is 0. The maximum atomic E-state index is 12.6. The molecular weight excluding hydrogens is 395 g/mol. The normalized spacial score (nSPS) is 11.4. The van der Waals surface area contributed by atoms with Crippen LogP contribution in [0.15, 0.2) is 40.8 Å². The summed E-state index contributed by atoms with van der Waals surface area (Å²) in [5.74, 6) is 0. The van der Waals surface area contributed by atoms with Crippen LogP contribution in [0.2, 0.25) is 0 Å². The Labute approximate surface area is 177 Å². The largest absolute Gasteiger partial charge is 0.455 e. The quantitative estimate of drug-likeness (QED) is 0.366. The van der Waals surface area contributed by atoms with Gasteiger partial charge in [0.2, 0.25) is 0 Å². The average molecular weight is 430 g/mol. The topological polar surface area (TPSA) is 56.5 Å². The Kier molecular flexibility index (Phi) is 15.0. The highest BCUT2D eigenvalue weighted by molar-refractivity contribution is 5.80. The van der Waals surface area contributed by atoms with Gasteiger partial charge in [0.15, 0.2) is 6.61 Å². The van der Waals surface area contributed by atoms with Gasteiger partial charge in [-0.15, -0.1) is 0 Å². The molecule has 1 aromatic rings. The van der Waals surface area contributed by atoms with Crippen LogP contribution in [-0.2, 0) is 0 Å². The third-order valence-electron chi connectivity index (χ3n) is 3.20. The lowest BCUT2D eigenvalue weighted by atomic mass is 10.2. The molecule has 0 spiro atoms. The molecule has 0 saturated heterocycles. The Hall–Kier alpha value is -2.64. The van der Waals surface area contributed by atoms with E-state index in [4.69, 9.17) is 4.74 Å². The minimum absolute atomic E-state index is 0.187. The van der Waals surface area contributed by atoms with Crippen LogP contribution in [-0.4, -0.2) is 28.0 Å². The summed E-state index contributed by atoms with van der Waals surface area (Å²) in [4.78, 5) is 20.8. The standard InChI is InChI=1S/C18H22F3N3O2.2C2H6/c1-6-13(7-2)15-9-16(25)24(14(8-3)10-22-12(4)5)17(23-15)26-11-18(19,20)21;2*1-2/h6-7,9-10H,1,8,11H2,2-5H3;2*1-2H3/b13-7+,14-10+;;. The van der Waals surface area contributed by atoms with Crippen LogP contribution in [0, 0.1) is 0 Å². The molecule has 0 saturated carbocycles. The number of hydrogen-bond donors (Lipinski definition) is 0. The molecule has 5 nitrogen and oxygen atoms in total. The molecule has 1 aromatic heterocycles. The summed E-state index contributed by atoms with van der Waals surface area (Å²) < 4.78 is 43.6. The van der Waals surface area contributed by atoms with E-state index < -0.39 is 24.4 Å². The Bertz CT molecular complexity index is 801. The lowest BCUT2D eigenvalue weighted by molar-refractivity contribution is -0.155. The first-order valence-corrected chi connectivity index (χ1v) is 9.96. The van der Waals surface area contributed by atoms with Crippen molar-refractivity contribution in [2.24, 2.45) is 4.99 Å². The first-order valence-electron chi connectivity index (χ1n) is 9.96. The van der Waals surface area contributed by atoms with Crippen molar-refractivity contribution in [2.75, 3.05) is 6.61 Å². The third kappa shape index (κ3) is 10.2. The van der Waals surface area contributed by atoms with E-state index in [1.54, 1.807) is 33.8 Å². The van der Waals surface area contributed by atoms with Crippen LogP contribution in [0.1, 0.15) is 67.5 Å². The molecule has 0 aliphatic rings. The zero-order chi connectivity index (χ0) is 23.9. The number of aromatic nitrogens is 2. The van der Waals surface area contributed by atoms with E-state index in [1.165, 1.54) is 18.3 Å². The molecule has 170 valence electrons. The van der Waals surface area contributed by atoms with Gasteiger partial charge < -0.3 is 4.74 Å². The van der Waals surface area contributed by atoms with Gasteiger partial charge in [-0.3, -0.25) is 9.79 Å². The zero-order valence-electron chi connectivity index (χ0n) is 19.2. The predicted octanol–water partition coefficient (Wildman–Crippen LogP) is 6.52. The van der Waals surface area contributed by atoms with E-state index in [0.29, 0.717) is 17.7 Å². The van der Waals surface area contributed by atoms with Crippen molar-refractivity contribution in [1.82, 2.24) is 9.55 Å². The summed E-state index contributed by atoms with van der Waals surface area (Å²) in [6, 6.07) is 0.784. The fourth-order valence-electron chi connectivity index (χ4n) is 2.00. The number of halogens is 3. The van der Waals surface area contributed by atoms with Crippen molar-refractivity contribution in [3.05, 3.63) is 47.0 Å². The number of alkyl halides is 3. The average Bonchev–Trinajstić information content (AvgIpc) is 2.71. The van der Waals surface area contributed by atoms with Gasteiger partial charge in [-0.2, -0.15) is 18.2 Å². The Morgan fingerprint density at radius 1 is 1.27 bits per heavy atom. The molecule has 30 heavy (non-hydrogen) atoms.